The van der Waals surface area contributed by atoms with E-state index in [0.717, 1.165) is 36.2 Å². The van der Waals surface area contributed by atoms with E-state index >= 15 is 0 Å². The maximum atomic E-state index is 5.88. The van der Waals surface area contributed by atoms with Gasteiger partial charge >= 0.3 is 0 Å². The van der Waals surface area contributed by atoms with Crippen molar-refractivity contribution in [3.05, 3.63) is 60.2 Å². The van der Waals surface area contributed by atoms with E-state index in [9.17, 15) is 0 Å². The van der Waals surface area contributed by atoms with E-state index in [1.807, 2.05) is 24.5 Å². The van der Waals surface area contributed by atoms with Gasteiger partial charge in [0.05, 0.1) is 11.7 Å². The van der Waals surface area contributed by atoms with Crippen molar-refractivity contribution in [1.82, 2.24) is 14.5 Å². The quantitative estimate of drug-likeness (QED) is 0.672. The van der Waals surface area contributed by atoms with Gasteiger partial charge in [-0.1, -0.05) is 30.3 Å². The number of pyridine rings is 1. The number of benzene rings is 1. The molecule has 0 spiro atoms. The second-order valence-electron chi connectivity index (χ2n) is 4.72. The highest BCUT2D eigenvalue weighted by molar-refractivity contribution is 6.17. The highest BCUT2D eigenvalue weighted by Gasteiger charge is 2.10. The van der Waals surface area contributed by atoms with Gasteiger partial charge in [0.25, 0.3) is 0 Å². The van der Waals surface area contributed by atoms with E-state index < -0.39 is 0 Å². The summed E-state index contributed by atoms with van der Waals surface area (Å²) >= 11 is 5.88. The molecule has 3 aromatic rings. The number of rotatable bonds is 5. The molecule has 0 saturated heterocycles. The van der Waals surface area contributed by atoms with Crippen molar-refractivity contribution in [3.8, 4) is 0 Å². The Kier molecular flexibility index (Phi) is 3.97. The molecular formula is C16H16ClN3. The van der Waals surface area contributed by atoms with Crippen LogP contribution in [-0.4, -0.2) is 20.4 Å². The first-order valence-corrected chi connectivity index (χ1v) is 7.31. The Morgan fingerprint density at radius 2 is 1.90 bits per heavy atom. The average molecular weight is 286 g/mol. The van der Waals surface area contributed by atoms with E-state index in [1.54, 1.807) is 0 Å². The average Bonchev–Trinajstić information content (AvgIpc) is 2.84. The Bertz CT molecular complexity index is 691. The molecule has 3 rings (SSSR count). The summed E-state index contributed by atoms with van der Waals surface area (Å²) in [5.41, 5.74) is 3.41. The predicted octanol–water partition coefficient (Wildman–Crippen LogP) is 3.46. The van der Waals surface area contributed by atoms with Gasteiger partial charge in [-0.3, -0.25) is 4.98 Å². The van der Waals surface area contributed by atoms with Crippen LogP contribution in [0.25, 0.3) is 11.0 Å². The number of hydrogen-bond donors (Lipinski definition) is 0. The van der Waals surface area contributed by atoms with E-state index in [1.165, 1.54) is 5.56 Å². The molecule has 0 aliphatic heterocycles. The third-order valence-electron chi connectivity index (χ3n) is 3.41. The van der Waals surface area contributed by atoms with Crippen LogP contribution in [0.3, 0.4) is 0 Å². The second kappa shape index (κ2) is 6.06. The lowest BCUT2D eigenvalue weighted by Crippen LogP contribution is -2.07. The van der Waals surface area contributed by atoms with Crippen LogP contribution in [0, 0.1) is 0 Å². The summed E-state index contributed by atoms with van der Waals surface area (Å²) in [4.78, 5) is 8.77. The molecular weight excluding hydrogens is 270 g/mol. The van der Waals surface area contributed by atoms with Crippen LogP contribution in [0.2, 0.25) is 0 Å². The summed E-state index contributed by atoms with van der Waals surface area (Å²) in [5, 5.41) is 0. The molecule has 0 radical (unpaired) electrons. The normalized spacial score (nSPS) is 11.1. The van der Waals surface area contributed by atoms with Gasteiger partial charge in [-0.05, 0) is 18.1 Å². The van der Waals surface area contributed by atoms with Crippen molar-refractivity contribution in [1.29, 1.82) is 0 Å². The molecule has 102 valence electrons. The number of fused-ring (bicyclic) bond motifs is 1. The van der Waals surface area contributed by atoms with Crippen LogP contribution < -0.4 is 0 Å². The number of nitrogens with zero attached hydrogens (tertiary/aromatic N) is 3. The molecule has 4 heteroatoms. The number of imidazole rings is 1. The molecule has 0 fully saturated rings. The highest BCUT2D eigenvalue weighted by Crippen LogP contribution is 2.16. The minimum atomic E-state index is 0.585. The maximum absolute atomic E-state index is 5.88. The highest BCUT2D eigenvalue weighted by atomic mass is 35.5. The summed E-state index contributed by atoms with van der Waals surface area (Å²) in [6.45, 7) is 0.913. The predicted molar refractivity (Wildman–Crippen MR) is 82.1 cm³/mol. The minimum Gasteiger partial charge on any atom is -0.328 e. The molecule has 1 aromatic carbocycles. The van der Waals surface area contributed by atoms with Gasteiger partial charge in [-0.25, -0.2) is 4.98 Å². The minimum absolute atomic E-state index is 0.585. The first kappa shape index (κ1) is 13.1. The maximum Gasteiger partial charge on any atom is 0.111 e. The molecule has 0 saturated carbocycles. The van der Waals surface area contributed by atoms with Gasteiger partial charge < -0.3 is 4.57 Å². The molecule has 2 aromatic heterocycles. The van der Waals surface area contributed by atoms with Crippen molar-refractivity contribution in [2.24, 2.45) is 0 Å². The van der Waals surface area contributed by atoms with Crippen LogP contribution in [0.4, 0.5) is 0 Å². The van der Waals surface area contributed by atoms with Gasteiger partial charge in [0, 0.05) is 25.0 Å². The van der Waals surface area contributed by atoms with Crippen LogP contribution in [0.1, 0.15) is 11.4 Å². The topological polar surface area (TPSA) is 30.7 Å². The van der Waals surface area contributed by atoms with Gasteiger partial charge in [-0.15, -0.1) is 11.6 Å². The van der Waals surface area contributed by atoms with Crippen molar-refractivity contribution in [2.75, 3.05) is 5.88 Å². The first-order chi connectivity index (χ1) is 9.88. The fourth-order valence-corrected chi connectivity index (χ4v) is 2.61. The van der Waals surface area contributed by atoms with E-state index in [4.69, 9.17) is 11.6 Å². The molecule has 20 heavy (non-hydrogen) atoms. The number of hydrogen-bond acceptors (Lipinski definition) is 2. The van der Waals surface area contributed by atoms with Gasteiger partial charge in [0.1, 0.15) is 11.3 Å². The lowest BCUT2D eigenvalue weighted by molar-refractivity contribution is 0.675. The van der Waals surface area contributed by atoms with Crippen LogP contribution >= 0.6 is 11.6 Å². The standard InChI is InChI=1S/C16H16ClN3/c17-9-6-16-19-14-12-18-10-7-15(14)20(16)11-8-13-4-2-1-3-5-13/h1-5,7,10,12H,6,8-9,11H2. The molecule has 0 amide bonds. The van der Waals surface area contributed by atoms with Crippen LogP contribution in [0.15, 0.2) is 48.8 Å². The van der Waals surface area contributed by atoms with Crippen molar-refractivity contribution in [2.45, 2.75) is 19.4 Å². The second-order valence-corrected chi connectivity index (χ2v) is 5.10. The van der Waals surface area contributed by atoms with Crippen LogP contribution in [-0.2, 0) is 19.4 Å². The first-order valence-electron chi connectivity index (χ1n) is 6.77. The largest absolute Gasteiger partial charge is 0.328 e. The summed E-state index contributed by atoms with van der Waals surface area (Å²) in [7, 11) is 0. The number of aryl methyl sites for hydroxylation is 3. The fraction of sp³-hybridized carbons (Fsp3) is 0.250. The Labute approximate surface area is 123 Å². The Hall–Kier alpha value is -1.87. The third-order valence-corrected chi connectivity index (χ3v) is 3.60. The third kappa shape index (κ3) is 2.68. The van der Waals surface area contributed by atoms with E-state index in [2.05, 4.69) is 38.8 Å². The summed E-state index contributed by atoms with van der Waals surface area (Å²) in [6, 6.07) is 12.5. The van der Waals surface area contributed by atoms with E-state index in [0.29, 0.717) is 5.88 Å². The Morgan fingerprint density at radius 1 is 1.05 bits per heavy atom. The Balaban J connectivity index is 1.90. The molecule has 3 nitrogen and oxygen atoms in total. The van der Waals surface area contributed by atoms with Crippen LogP contribution in [0.5, 0.6) is 0 Å². The molecule has 0 bridgehead atoms. The number of aromatic nitrogens is 3. The summed E-state index contributed by atoms with van der Waals surface area (Å²) in [5.74, 6) is 1.63. The van der Waals surface area contributed by atoms with Crippen molar-refractivity contribution in [3.63, 3.8) is 0 Å². The van der Waals surface area contributed by atoms with Gasteiger partial charge in [0.2, 0.25) is 0 Å². The monoisotopic (exact) mass is 285 g/mol. The molecule has 0 atom stereocenters. The summed E-state index contributed by atoms with van der Waals surface area (Å²) in [6.07, 6.45) is 5.40. The number of alkyl halides is 1. The molecule has 0 N–H and O–H groups in total. The molecule has 0 aliphatic rings. The van der Waals surface area contributed by atoms with Crippen molar-refractivity contribution < 1.29 is 0 Å². The summed E-state index contributed by atoms with van der Waals surface area (Å²) < 4.78 is 2.26. The molecule has 0 unspecified atom stereocenters. The smallest absolute Gasteiger partial charge is 0.111 e. The van der Waals surface area contributed by atoms with Crippen molar-refractivity contribution >= 4 is 22.6 Å². The van der Waals surface area contributed by atoms with Gasteiger partial charge in [-0.2, -0.15) is 0 Å². The van der Waals surface area contributed by atoms with Gasteiger partial charge in [0.15, 0.2) is 0 Å². The molecule has 2 heterocycles. The molecule has 0 aliphatic carbocycles. The number of halogens is 1. The SMILES string of the molecule is ClCCc1nc2cnccc2n1CCc1ccccc1. The van der Waals surface area contributed by atoms with E-state index in [-0.39, 0.29) is 0 Å². The Morgan fingerprint density at radius 3 is 2.70 bits per heavy atom. The zero-order valence-corrected chi connectivity index (χ0v) is 11.9. The zero-order chi connectivity index (χ0) is 13.8. The lowest BCUT2D eigenvalue weighted by Gasteiger charge is -2.08. The fourth-order valence-electron chi connectivity index (χ4n) is 2.44. The lowest BCUT2D eigenvalue weighted by atomic mass is 10.1. The zero-order valence-electron chi connectivity index (χ0n) is 11.2.